The van der Waals surface area contributed by atoms with E-state index in [1.54, 1.807) is 6.07 Å². The van der Waals surface area contributed by atoms with Crippen LogP contribution in [0.25, 0.3) is 0 Å². The topological polar surface area (TPSA) is 9.23 Å². The van der Waals surface area contributed by atoms with Gasteiger partial charge in [0.2, 0.25) is 0 Å². The second-order valence-electron chi connectivity index (χ2n) is 4.52. The zero-order valence-electron chi connectivity index (χ0n) is 9.38. The van der Waals surface area contributed by atoms with Crippen LogP contribution in [0, 0.1) is 18.2 Å². The van der Waals surface area contributed by atoms with Crippen LogP contribution in [0.15, 0.2) is 18.2 Å². The van der Waals surface area contributed by atoms with Crippen LogP contribution in [0.3, 0.4) is 0 Å². The van der Waals surface area contributed by atoms with Crippen molar-refractivity contribution in [2.75, 3.05) is 12.4 Å². The molecule has 0 aliphatic heterocycles. The lowest BCUT2D eigenvalue weighted by Crippen LogP contribution is -2.23. The molecule has 0 aromatic heterocycles. The van der Waals surface area contributed by atoms with Gasteiger partial charge in [0.25, 0.3) is 0 Å². The van der Waals surface area contributed by atoms with Gasteiger partial charge in [0.15, 0.2) is 0 Å². The molecule has 1 rings (SSSR count). The quantitative estimate of drug-likeness (QED) is 0.776. The highest BCUT2D eigenvalue weighted by molar-refractivity contribution is 7.80. The number of benzene rings is 1. The molecule has 0 atom stereocenters. The van der Waals surface area contributed by atoms with Crippen LogP contribution >= 0.6 is 12.6 Å². The molecule has 0 spiro atoms. The Kier molecular flexibility index (Phi) is 4.03. The molecular weight excluding hydrogens is 211 g/mol. The molecule has 0 radical (unpaired) electrons. The molecule has 0 bridgehead atoms. The first-order valence-electron chi connectivity index (χ1n) is 4.94. The van der Waals surface area contributed by atoms with Gasteiger partial charge in [-0.3, -0.25) is 0 Å². The minimum Gasteiger partial charge on any atom is -0.493 e. The van der Waals surface area contributed by atoms with E-state index in [2.05, 4.69) is 26.5 Å². The third-order valence-corrected chi connectivity index (χ3v) is 3.04. The summed E-state index contributed by atoms with van der Waals surface area (Å²) in [6.45, 7) is 6.59. The van der Waals surface area contributed by atoms with Crippen molar-refractivity contribution in [2.45, 2.75) is 20.8 Å². The van der Waals surface area contributed by atoms with Gasteiger partial charge in [-0.25, -0.2) is 4.39 Å². The number of ether oxygens (including phenoxy) is 1. The van der Waals surface area contributed by atoms with Crippen molar-refractivity contribution >= 4 is 12.6 Å². The highest BCUT2D eigenvalue weighted by Gasteiger charge is 2.17. The van der Waals surface area contributed by atoms with Gasteiger partial charge in [0.1, 0.15) is 11.6 Å². The standard InChI is InChI=1S/C12H17FOS/c1-9-6-10(13)4-5-11(9)14-7-12(2,3)8-15/h4-6,15H,7-8H2,1-3H3. The van der Waals surface area contributed by atoms with Crippen molar-refractivity contribution in [3.63, 3.8) is 0 Å². The molecule has 0 N–H and O–H groups in total. The molecule has 0 aliphatic rings. The van der Waals surface area contributed by atoms with E-state index in [0.29, 0.717) is 6.61 Å². The number of rotatable bonds is 4. The maximum atomic E-state index is 12.8. The predicted molar refractivity (Wildman–Crippen MR) is 64.3 cm³/mol. The van der Waals surface area contributed by atoms with Gasteiger partial charge in [-0.2, -0.15) is 12.6 Å². The third kappa shape index (κ3) is 3.74. The van der Waals surface area contributed by atoms with Gasteiger partial charge in [0, 0.05) is 5.41 Å². The minimum absolute atomic E-state index is 0.0317. The molecule has 0 unspecified atom stereocenters. The van der Waals surface area contributed by atoms with Crippen LogP contribution in [-0.2, 0) is 0 Å². The van der Waals surface area contributed by atoms with Gasteiger partial charge in [-0.05, 0) is 36.4 Å². The lowest BCUT2D eigenvalue weighted by molar-refractivity contribution is 0.201. The molecule has 84 valence electrons. The summed E-state index contributed by atoms with van der Waals surface area (Å²) in [4.78, 5) is 0. The minimum atomic E-state index is -0.228. The summed E-state index contributed by atoms with van der Waals surface area (Å²) in [6.07, 6.45) is 0. The Hall–Kier alpha value is -0.700. The molecule has 0 saturated carbocycles. The fourth-order valence-corrected chi connectivity index (χ4v) is 1.18. The van der Waals surface area contributed by atoms with Crippen molar-refractivity contribution in [3.05, 3.63) is 29.6 Å². The Morgan fingerprint density at radius 2 is 2.07 bits per heavy atom. The number of thiol groups is 1. The fraction of sp³-hybridized carbons (Fsp3) is 0.500. The molecule has 0 heterocycles. The highest BCUT2D eigenvalue weighted by Crippen LogP contribution is 2.23. The van der Waals surface area contributed by atoms with E-state index < -0.39 is 0 Å². The Balaban J connectivity index is 2.66. The Morgan fingerprint density at radius 1 is 1.40 bits per heavy atom. The normalized spacial score (nSPS) is 11.5. The molecular formula is C12H17FOS. The average Bonchev–Trinajstić information content (AvgIpc) is 2.16. The number of halogens is 1. The molecule has 0 amide bonds. The predicted octanol–water partition coefficient (Wildman–Crippen LogP) is 3.47. The maximum Gasteiger partial charge on any atom is 0.123 e. The number of hydrogen-bond donors (Lipinski definition) is 1. The zero-order chi connectivity index (χ0) is 11.5. The van der Waals surface area contributed by atoms with E-state index in [9.17, 15) is 4.39 Å². The third-order valence-electron chi connectivity index (χ3n) is 2.18. The fourth-order valence-electron chi connectivity index (χ4n) is 1.09. The summed E-state index contributed by atoms with van der Waals surface area (Å²) in [5.74, 6) is 1.27. The van der Waals surface area contributed by atoms with Crippen LogP contribution in [0.1, 0.15) is 19.4 Å². The largest absolute Gasteiger partial charge is 0.493 e. The van der Waals surface area contributed by atoms with Gasteiger partial charge in [-0.15, -0.1) is 0 Å². The first kappa shape index (κ1) is 12.4. The summed E-state index contributed by atoms with van der Waals surface area (Å²) in [7, 11) is 0. The molecule has 1 aromatic rings. The summed E-state index contributed by atoms with van der Waals surface area (Å²) >= 11 is 4.25. The lowest BCUT2D eigenvalue weighted by Gasteiger charge is -2.22. The van der Waals surface area contributed by atoms with E-state index in [-0.39, 0.29) is 11.2 Å². The summed E-state index contributed by atoms with van der Waals surface area (Å²) in [6, 6.07) is 4.55. The summed E-state index contributed by atoms with van der Waals surface area (Å²) in [5, 5.41) is 0. The first-order chi connectivity index (χ1) is 6.94. The highest BCUT2D eigenvalue weighted by atomic mass is 32.1. The second-order valence-corrected chi connectivity index (χ2v) is 4.84. The van der Waals surface area contributed by atoms with Crippen LogP contribution in [0.5, 0.6) is 5.75 Å². The molecule has 3 heteroatoms. The zero-order valence-corrected chi connectivity index (χ0v) is 10.3. The van der Waals surface area contributed by atoms with Crippen molar-refractivity contribution in [1.29, 1.82) is 0 Å². The lowest BCUT2D eigenvalue weighted by atomic mass is 9.98. The van der Waals surface area contributed by atoms with Crippen molar-refractivity contribution < 1.29 is 9.13 Å². The van der Waals surface area contributed by atoms with Crippen LogP contribution in [0.4, 0.5) is 4.39 Å². The van der Waals surface area contributed by atoms with Gasteiger partial charge < -0.3 is 4.74 Å². The van der Waals surface area contributed by atoms with Crippen LogP contribution < -0.4 is 4.74 Å². The Morgan fingerprint density at radius 3 is 2.60 bits per heavy atom. The summed E-state index contributed by atoms with van der Waals surface area (Å²) in [5.41, 5.74) is 0.856. The van der Waals surface area contributed by atoms with E-state index in [1.165, 1.54) is 12.1 Å². The molecule has 0 saturated heterocycles. The van der Waals surface area contributed by atoms with Crippen molar-refractivity contribution in [2.24, 2.45) is 5.41 Å². The van der Waals surface area contributed by atoms with E-state index in [4.69, 9.17) is 4.74 Å². The molecule has 0 aliphatic carbocycles. The van der Waals surface area contributed by atoms with E-state index in [0.717, 1.165) is 17.1 Å². The Bertz CT molecular complexity index is 336. The van der Waals surface area contributed by atoms with E-state index >= 15 is 0 Å². The summed E-state index contributed by atoms with van der Waals surface area (Å²) < 4.78 is 18.5. The molecule has 1 aromatic carbocycles. The first-order valence-corrected chi connectivity index (χ1v) is 5.58. The molecule has 1 nitrogen and oxygen atoms in total. The molecule has 0 fully saturated rings. The monoisotopic (exact) mass is 228 g/mol. The average molecular weight is 228 g/mol. The van der Waals surface area contributed by atoms with Gasteiger partial charge >= 0.3 is 0 Å². The second kappa shape index (κ2) is 4.88. The number of hydrogen-bond acceptors (Lipinski definition) is 2. The maximum absolute atomic E-state index is 12.8. The molecule has 15 heavy (non-hydrogen) atoms. The smallest absolute Gasteiger partial charge is 0.123 e. The van der Waals surface area contributed by atoms with Gasteiger partial charge in [0.05, 0.1) is 6.61 Å². The van der Waals surface area contributed by atoms with Crippen LogP contribution in [-0.4, -0.2) is 12.4 Å². The SMILES string of the molecule is Cc1cc(F)ccc1OCC(C)(C)CS. The van der Waals surface area contributed by atoms with E-state index in [1.807, 2.05) is 6.92 Å². The van der Waals surface area contributed by atoms with Crippen molar-refractivity contribution in [1.82, 2.24) is 0 Å². The Labute approximate surface area is 96.1 Å². The van der Waals surface area contributed by atoms with Crippen LogP contribution in [0.2, 0.25) is 0 Å². The number of aryl methyl sites for hydroxylation is 1. The van der Waals surface area contributed by atoms with Gasteiger partial charge in [-0.1, -0.05) is 13.8 Å². The van der Waals surface area contributed by atoms with Crippen molar-refractivity contribution in [3.8, 4) is 5.75 Å².